The molecule has 0 aromatic carbocycles. The van der Waals surface area contributed by atoms with Crippen molar-refractivity contribution in [1.29, 1.82) is 0 Å². The molecule has 1 aromatic heterocycles. The molecule has 0 saturated heterocycles. The van der Waals surface area contributed by atoms with E-state index in [4.69, 9.17) is 10.7 Å². The third kappa shape index (κ3) is 1.86. The highest BCUT2D eigenvalue weighted by Crippen LogP contribution is 2.10. The number of hydrogen-bond acceptors (Lipinski definition) is 3. The predicted octanol–water partition coefficient (Wildman–Crippen LogP) is 0.313. The average Bonchev–Trinajstić information content (AvgIpc) is 1.92. The molecule has 0 aliphatic heterocycles. The molecule has 0 aliphatic rings. The number of nitrogens with zero attached hydrogens (tertiary/aromatic N) is 1. The van der Waals surface area contributed by atoms with Gasteiger partial charge in [0.1, 0.15) is 0 Å². The molecule has 0 amide bonds. The number of aryl methyl sites for hydroxylation is 1. The molecule has 0 saturated carbocycles. The number of rotatable bonds is 1. The largest absolute Gasteiger partial charge is 0.319 e. The molecule has 0 spiro atoms. The molecular formula is C6H6ClNO3S. The van der Waals surface area contributed by atoms with E-state index in [0.717, 1.165) is 6.07 Å². The molecule has 0 aliphatic carbocycles. The van der Waals surface area contributed by atoms with Gasteiger partial charge < -0.3 is 4.57 Å². The zero-order chi connectivity index (χ0) is 9.35. The third-order valence-corrected chi connectivity index (χ3v) is 2.71. The predicted molar refractivity (Wildman–Crippen MR) is 44.7 cm³/mol. The van der Waals surface area contributed by atoms with Crippen molar-refractivity contribution in [2.24, 2.45) is 7.05 Å². The summed E-state index contributed by atoms with van der Waals surface area (Å²) in [5.74, 6) is 0. The van der Waals surface area contributed by atoms with Crippen LogP contribution in [0.4, 0.5) is 0 Å². The summed E-state index contributed by atoms with van der Waals surface area (Å²) in [5.41, 5.74) is -0.406. The molecule has 6 heteroatoms. The molecule has 0 N–H and O–H groups in total. The van der Waals surface area contributed by atoms with E-state index in [9.17, 15) is 13.2 Å². The first-order chi connectivity index (χ1) is 5.41. The quantitative estimate of drug-likeness (QED) is 0.623. The minimum atomic E-state index is -3.78. The van der Waals surface area contributed by atoms with E-state index in [-0.39, 0.29) is 4.90 Å². The molecule has 0 bridgehead atoms. The summed E-state index contributed by atoms with van der Waals surface area (Å²) in [6, 6.07) is 2.24. The fourth-order valence-electron chi connectivity index (χ4n) is 0.682. The van der Waals surface area contributed by atoms with Gasteiger partial charge in [0.2, 0.25) is 0 Å². The number of halogens is 1. The Balaban J connectivity index is 3.43. The van der Waals surface area contributed by atoms with E-state index in [1.165, 1.54) is 23.9 Å². The summed E-state index contributed by atoms with van der Waals surface area (Å²) in [5, 5.41) is 0. The minimum Gasteiger partial charge on any atom is -0.319 e. The van der Waals surface area contributed by atoms with Gasteiger partial charge in [-0.1, -0.05) is 0 Å². The maximum absolute atomic E-state index is 10.9. The van der Waals surface area contributed by atoms with Crippen LogP contribution in [-0.4, -0.2) is 13.0 Å². The highest BCUT2D eigenvalue weighted by Gasteiger charge is 2.09. The Hall–Kier alpha value is -0.810. The van der Waals surface area contributed by atoms with Crippen LogP contribution in [0.5, 0.6) is 0 Å². The van der Waals surface area contributed by atoms with Crippen LogP contribution < -0.4 is 5.56 Å². The molecule has 0 unspecified atom stereocenters. The lowest BCUT2D eigenvalue weighted by atomic mass is 10.5. The summed E-state index contributed by atoms with van der Waals surface area (Å²) >= 11 is 0. The van der Waals surface area contributed by atoms with Gasteiger partial charge in [0.15, 0.2) is 0 Å². The molecular weight excluding hydrogens is 202 g/mol. The number of hydrogen-bond donors (Lipinski definition) is 0. The molecule has 1 aromatic rings. The SMILES string of the molecule is Cn1ccc(S(=O)(=O)Cl)cc1=O. The van der Waals surface area contributed by atoms with Crippen molar-refractivity contribution in [2.45, 2.75) is 4.90 Å². The zero-order valence-electron chi connectivity index (χ0n) is 6.19. The van der Waals surface area contributed by atoms with Crippen LogP contribution in [0.25, 0.3) is 0 Å². The molecule has 4 nitrogen and oxygen atoms in total. The van der Waals surface area contributed by atoms with E-state index >= 15 is 0 Å². The zero-order valence-corrected chi connectivity index (χ0v) is 7.76. The van der Waals surface area contributed by atoms with Crippen molar-refractivity contribution in [3.63, 3.8) is 0 Å². The van der Waals surface area contributed by atoms with Gasteiger partial charge in [-0.15, -0.1) is 0 Å². The second-order valence-corrected chi connectivity index (χ2v) is 4.82. The Morgan fingerprint density at radius 2 is 2.08 bits per heavy atom. The lowest BCUT2D eigenvalue weighted by molar-refractivity contribution is 0.609. The lowest BCUT2D eigenvalue weighted by Gasteiger charge is -1.97. The van der Waals surface area contributed by atoms with Crippen LogP contribution in [0.2, 0.25) is 0 Å². The van der Waals surface area contributed by atoms with Gasteiger partial charge in [0.25, 0.3) is 14.6 Å². The van der Waals surface area contributed by atoms with E-state index in [1.54, 1.807) is 0 Å². The first kappa shape index (κ1) is 9.28. The second kappa shape index (κ2) is 2.91. The number of aromatic nitrogens is 1. The number of pyridine rings is 1. The Morgan fingerprint density at radius 3 is 2.50 bits per heavy atom. The summed E-state index contributed by atoms with van der Waals surface area (Å²) in [6.45, 7) is 0. The van der Waals surface area contributed by atoms with Gasteiger partial charge in [-0.25, -0.2) is 8.42 Å². The van der Waals surface area contributed by atoms with Crippen LogP contribution in [0.1, 0.15) is 0 Å². The molecule has 0 fully saturated rings. The van der Waals surface area contributed by atoms with Crippen LogP contribution in [0.15, 0.2) is 28.0 Å². The Labute approximate surface area is 73.8 Å². The average molecular weight is 208 g/mol. The normalized spacial score (nSPS) is 11.5. The summed E-state index contributed by atoms with van der Waals surface area (Å²) in [6.07, 6.45) is 1.34. The highest BCUT2D eigenvalue weighted by molar-refractivity contribution is 8.13. The molecule has 1 rings (SSSR count). The molecule has 0 atom stereocenters. The standard InChI is InChI=1S/C6H6ClNO3S/c1-8-3-2-5(4-6(8)9)12(7,10)11/h2-4H,1H3. The van der Waals surface area contributed by atoms with Gasteiger partial charge in [0, 0.05) is 30.0 Å². The van der Waals surface area contributed by atoms with Crippen LogP contribution in [0, 0.1) is 0 Å². The second-order valence-electron chi connectivity index (χ2n) is 2.25. The van der Waals surface area contributed by atoms with Gasteiger partial charge in [-0.2, -0.15) is 0 Å². The van der Waals surface area contributed by atoms with Crippen molar-refractivity contribution < 1.29 is 8.42 Å². The van der Waals surface area contributed by atoms with Gasteiger partial charge in [-0.3, -0.25) is 4.79 Å². The molecule has 1 heterocycles. The van der Waals surface area contributed by atoms with Gasteiger partial charge in [0.05, 0.1) is 4.90 Å². The third-order valence-electron chi connectivity index (χ3n) is 1.36. The summed E-state index contributed by atoms with van der Waals surface area (Å²) in [4.78, 5) is 10.8. The molecule has 12 heavy (non-hydrogen) atoms. The van der Waals surface area contributed by atoms with Crippen molar-refractivity contribution in [3.8, 4) is 0 Å². The summed E-state index contributed by atoms with van der Waals surface area (Å²) in [7, 11) is 2.74. The summed E-state index contributed by atoms with van der Waals surface area (Å²) < 4.78 is 22.7. The van der Waals surface area contributed by atoms with E-state index in [2.05, 4.69) is 0 Å². The topological polar surface area (TPSA) is 56.1 Å². The van der Waals surface area contributed by atoms with Crippen LogP contribution >= 0.6 is 10.7 Å². The van der Waals surface area contributed by atoms with Gasteiger partial charge >= 0.3 is 0 Å². The maximum atomic E-state index is 10.9. The van der Waals surface area contributed by atoms with Crippen molar-refractivity contribution >= 4 is 19.7 Å². The van der Waals surface area contributed by atoms with Crippen molar-refractivity contribution in [1.82, 2.24) is 4.57 Å². The molecule has 66 valence electrons. The monoisotopic (exact) mass is 207 g/mol. The van der Waals surface area contributed by atoms with Crippen molar-refractivity contribution in [2.75, 3.05) is 0 Å². The Bertz CT molecular complexity index is 448. The van der Waals surface area contributed by atoms with Crippen LogP contribution in [0.3, 0.4) is 0 Å². The lowest BCUT2D eigenvalue weighted by Crippen LogP contribution is -2.15. The van der Waals surface area contributed by atoms with Crippen molar-refractivity contribution in [3.05, 3.63) is 28.7 Å². The van der Waals surface area contributed by atoms with Crippen LogP contribution in [-0.2, 0) is 16.1 Å². The Morgan fingerprint density at radius 1 is 1.50 bits per heavy atom. The smallest absolute Gasteiger partial charge is 0.261 e. The first-order valence-electron chi connectivity index (χ1n) is 3.02. The minimum absolute atomic E-state index is 0.174. The van der Waals surface area contributed by atoms with E-state index in [1.807, 2.05) is 0 Å². The van der Waals surface area contributed by atoms with E-state index < -0.39 is 14.6 Å². The first-order valence-corrected chi connectivity index (χ1v) is 5.33. The van der Waals surface area contributed by atoms with Gasteiger partial charge in [-0.05, 0) is 6.07 Å². The van der Waals surface area contributed by atoms with E-state index in [0.29, 0.717) is 0 Å². The maximum Gasteiger partial charge on any atom is 0.261 e. The fourth-order valence-corrected chi connectivity index (χ4v) is 1.43. The highest BCUT2D eigenvalue weighted by atomic mass is 35.7. The fraction of sp³-hybridized carbons (Fsp3) is 0.167. The Kier molecular flexibility index (Phi) is 2.25. The molecule has 0 radical (unpaired) electrons.